The summed E-state index contributed by atoms with van der Waals surface area (Å²) in [5, 5.41) is 29.9. The smallest absolute Gasteiger partial charge is 0.137 e. The van der Waals surface area contributed by atoms with Gasteiger partial charge in [0.25, 0.3) is 0 Å². The highest BCUT2D eigenvalue weighted by atomic mass is 16.5. The van der Waals surface area contributed by atoms with E-state index in [1.165, 1.54) is 5.56 Å². The van der Waals surface area contributed by atoms with E-state index in [2.05, 4.69) is 28.1 Å². The molecule has 0 saturated carbocycles. The van der Waals surface area contributed by atoms with Crippen molar-refractivity contribution in [1.29, 1.82) is 0 Å². The molecule has 192 valence electrons. The van der Waals surface area contributed by atoms with Gasteiger partial charge in [-0.05, 0) is 93.7 Å². The number of carbonyl (C=O) groups is 1. The van der Waals surface area contributed by atoms with Gasteiger partial charge in [-0.1, -0.05) is 18.2 Å². The van der Waals surface area contributed by atoms with Crippen molar-refractivity contribution in [3.05, 3.63) is 53.2 Å². The van der Waals surface area contributed by atoms with Gasteiger partial charge in [-0.2, -0.15) is 0 Å². The number of nitrogens with one attached hydrogen (secondary N) is 3. The van der Waals surface area contributed by atoms with Crippen LogP contribution in [0.4, 0.5) is 5.82 Å². The summed E-state index contributed by atoms with van der Waals surface area (Å²) in [5.74, 6) is 1.83. The predicted molar refractivity (Wildman–Crippen MR) is 138 cm³/mol. The lowest BCUT2D eigenvalue weighted by Gasteiger charge is -2.19. The number of carbonyl (C=O) groups excluding carboxylic acids is 1. The molecule has 1 aliphatic heterocycles. The average Bonchev–Trinajstić information content (AvgIpc) is 2.89. The fraction of sp³-hybridized carbons (Fsp3) is 0.556. The number of aldehydes is 1. The molecular weight excluding hydrogens is 444 g/mol. The summed E-state index contributed by atoms with van der Waals surface area (Å²) >= 11 is 0. The van der Waals surface area contributed by atoms with Gasteiger partial charge in [0.05, 0.1) is 13.2 Å². The Balaban J connectivity index is 1.25. The SMILES string of the molecule is COc1ccc(CCC(O)NC(C=O)CCNC(O)CCCCc2ccc3c(n2)NCCC3)cc1. The summed E-state index contributed by atoms with van der Waals surface area (Å²) < 4.78 is 5.15. The number of fused-ring (bicyclic) bond motifs is 1. The monoisotopic (exact) mass is 484 g/mol. The number of hydrogen-bond donors (Lipinski definition) is 5. The van der Waals surface area contributed by atoms with Crippen molar-refractivity contribution in [1.82, 2.24) is 15.6 Å². The Kier molecular flexibility index (Phi) is 11.4. The van der Waals surface area contributed by atoms with E-state index >= 15 is 0 Å². The number of nitrogens with zero attached hydrogens (tertiary/aromatic N) is 1. The van der Waals surface area contributed by atoms with Crippen LogP contribution in [-0.2, 0) is 24.1 Å². The first-order valence-corrected chi connectivity index (χ1v) is 12.7. The molecule has 35 heavy (non-hydrogen) atoms. The maximum Gasteiger partial charge on any atom is 0.137 e. The van der Waals surface area contributed by atoms with Crippen LogP contribution in [0, 0.1) is 0 Å². The molecule has 0 spiro atoms. The predicted octanol–water partition coefficient (Wildman–Crippen LogP) is 2.57. The first-order valence-electron chi connectivity index (χ1n) is 12.7. The third kappa shape index (κ3) is 9.57. The number of aryl methyl sites for hydroxylation is 3. The minimum atomic E-state index is -0.773. The number of hydrogen-bond acceptors (Lipinski definition) is 8. The molecule has 0 radical (unpaired) electrons. The summed E-state index contributed by atoms with van der Waals surface area (Å²) in [6.07, 6.45) is 6.76. The van der Waals surface area contributed by atoms with Gasteiger partial charge in [-0.15, -0.1) is 0 Å². The minimum absolute atomic E-state index is 0.468. The van der Waals surface area contributed by atoms with Gasteiger partial charge in [0.15, 0.2) is 0 Å². The number of methoxy groups -OCH3 is 1. The first kappa shape index (κ1) is 27.1. The molecule has 2 aromatic rings. The molecule has 0 amide bonds. The Hall–Kier alpha value is -2.52. The van der Waals surface area contributed by atoms with Crippen LogP contribution in [0.2, 0.25) is 0 Å². The highest BCUT2D eigenvalue weighted by molar-refractivity contribution is 5.57. The number of aliphatic hydroxyl groups excluding tert-OH is 2. The quantitative estimate of drug-likeness (QED) is 0.140. The van der Waals surface area contributed by atoms with Gasteiger partial charge < -0.3 is 25.1 Å². The third-order valence-electron chi connectivity index (χ3n) is 6.38. The number of anilines is 1. The molecular formula is C27H40N4O4. The van der Waals surface area contributed by atoms with E-state index in [1.54, 1.807) is 7.11 Å². The fourth-order valence-electron chi connectivity index (χ4n) is 4.28. The highest BCUT2D eigenvalue weighted by Gasteiger charge is 2.14. The molecule has 0 fully saturated rings. The van der Waals surface area contributed by atoms with Crippen molar-refractivity contribution in [2.45, 2.75) is 76.3 Å². The van der Waals surface area contributed by atoms with Crippen LogP contribution in [0.3, 0.4) is 0 Å². The van der Waals surface area contributed by atoms with Crippen LogP contribution in [0.25, 0.3) is 0 Å². The largest absolute Gasteiger partial charge is 0.497 e. The van der Waals surface area contributed by atoms with Crippen LogP contribution in [0.5, 0.6) is 5.75 Å². The normalized spacial score (nSPS) is 15.5. The number of unbranched alkanes of at least 4 members (excludes halogenated alkanes) is 1. The number of rotatable bonds is 16. The molecule has 1 aromatic heterocycles. The summed E-state index contributed by atoms with van der Waals surface area (Å²) in [6.45, 7) is 1.48. The summed E-state index contributed by atoms with van der Waals surface area (Å²) in [6, 6.07) is 11.5. The second-order valence-electron chi connectivity index (χ2n) is 9.16. The van der Waals surface area contributed by atoms with E-state index in [4.69, 9.17) is 9.72 Å². The number of ether oxygens (including phenoxy) is 1. The summed E-state index contributed by atoms with van der Waals surface area (Å²) in [5.41, 5.74) is 3.48. The van der Waals surface area contributed by atoms with E-state index in [9.17, 15) is 15.0 Å². The average molecular weight is 485 g/mol. The minimum Gasteiger partial charge on any atom is -0.497 e. The van der Waals surface area contributed by atoms with Crippen molar-refractivity contribution in [2.24, 2.45) is 0 Å². The van der Waals surface area contributed by atoms with Crippen molar-refractivity contribution < 1.29 is 19.7 Å². The van der Waals surface area contributed by atoms with Gasteiger partial charge in [-0.3, -0.25) is 10.6 Å². The Morgan fingerprint density at radius 1 is 1.06 bits per heavy atom. The van der Waals surface area contributed by atoms with Gasteiger partial charge in [0, 0.05) is 12.2 Å². The molecule has 3 unspecified atom stereocenters. The molecule has 0 saturated heterocycles. The van der Waals surface area contributed by atoms with E-state index in [-0.39, 0.29) is 0 Å². The molecule has 0 bridgehead atoms. The van der Waals surface area contributed by atoms with Gasteiger partial charge in [0.2, 0.25) is 0 Å². The van der Waals surface area contributed by atoms with E-state index in [0.29, 0.717) is 32.2 Å². The van der Waals surface area contributed by atoms with Crippen molar-refractivity contribution in [2.75, 3.05) is 25.5 Å². The molecule has 2 heterocycles. The number of pyridine rings is 1. The number of aliphatic hydroxyl groups is 2. The third-order valence-corrected chi connectivity index (χ3v) is 6.38. The number of aromatic nitrogens is 1. The van der Waals surface area contributed by atoms with Crippen LogP contribution >= 0.6 is 0 Å². The molecule has 1 aliphatic rings. The lowest BCUT2D eigenvalue weighted by Crippen LogP contribution is -2.42. The summed E-state index contributed by atoms with van der Waals surface area (Å²) in [4.78, 5) is 16.1. The molecule has 1 aromatic carbocycles. The molecule has 5 N–H and O–H groups in total. The van der Waals surface area contributed by atoms with Gasteiger partial charge in [-0.25, -0.2) is 4.98 Å². The maximum atomic E-state index is 11.4. The Bertz CT molecular complexity index is 893. The second kappa shape index (κ2) is 14.8. The summed E-state index contributed by atoms with van der Waals surface area (Å²) in [7, 11) is 1.63. The van der Waals surface area contributed by atoms with Gasteiger partial charge in [0.1, 0.15) is 30.3 Å². The van der Waals surface area contributed by atoms with E-state index in [0.717, 1.165) is 67.8 Å². The van der Waals surface area contributed by atoms with Crippen LogP contribution in [-0.4, -0.2) is 60.2 Å². The molecule has 3 rings (SSSR count). The Labute approximate surface area is 208 Å². The van der Waals surface area contributed by atoms with Crippen molar-refractivity contribution in [3.8, 4) is 5.75 Å². The van der Waals surface area contributed by atoms with Crippen LogP contribution < -0.4 is 20.7 Å². The lowest BCUT2D eigenvalue weighted by molar-refractivity contribution is -0.110. The standard InChI is InChI=1S/C27H40N4O4/c1-35-24-13-8-20(9-14-24)10-15-26(34)30-23(19-32)16-18-28-25(33)7-3-2-6-22-12-11-21-5-4-17-29-27(21)31-22/h8-9,11-14,19,23,25-26,28,30,33-34H,2-7,10,15-18H2,1H3,(H,29,31). The molecule has 8 nitrogen and oxygen atoms in total. The zero-order valence-electron chi connectivity index (χ0n) is 20.7. The van der Waals surface area contributed by atoms with Crippen LogP contribution in [0.1, 0.15) is 55.3 Å². The molecule has 8 heteroatoms. The Morgan fingerprint density at radius 3 is 2.66 bits per heavy atom. The molecule has 3 atom stereocenters. The lowest BCUT2D eigenvalue weighted by atomic mass is 10.1. The second-order valence-corrected chi connectivity index (χ2v) is 9.16. The van der Waals surface area contributed by atoms with Crippen LogP contribution in [0.15, 0.2) is 36.4 Å². The zero-order chi connectivity index (χ0) is 24.9. The van der Waals surface area contributed by atoms with E-state index in [1.807, 2.05) is 24.3 Å². The zero-order valence-corrected chi connectivity index (χ0v) is 20.7. The molecule has 0 aliphatic carbocycles. The first-order chi connectivity index (χ1) is 17.1. The number of benzene rings is 1. The highest BCUT2D eigenvalue weighted by Crippen LogP contribution is 2.20. The fourth-order valence-corrected chi connectivity index (χ4v) is 4.28. The van der Waals surface area contributed by atoms with Gasteiger partial charge >= 0.3 is 0 Å². The Morgan fingerprint density at radius 2 is 1.89 bits per heavy atom. The maximum absolute atomic E-state index is 11.4. The van der Waals surface area contributed by atoms with Crippen molar-refractivity contribution in [3.63, 3.8) is 0 Å². The topological polar surface area (TPSA) is 116 Å². The van der Waals surface area contributed by atoms with E-state index < -0.39 is 18.5 Å². The van der Waals surface area contributed by atoms with Crippen molar-refractivity contribution >= 4 is 12.1 Å².